The molecular weight excluding hydrogens is 406 g/mol. The van der Waals surface area contributed by atoms with Crippen LogP contribution in [0.25, 0.3) is 11.5 Å². The molecule has 4 rings (SSSR count). The maximum atomic E-state index is 12.1. The van der Waals surface area contributed by atoms with E-state index in [1.54, 1.807) is 7.11 Å². The fourth-order valence-corrected chi connectivity index (χ4v) is 3.48. The number of benzene rings is 2. The number of carbonyl (C=O) groups is 1. The number of nitrogens with zero attached hydrogens (tertiary/aromatic N) is 2. The van der Waals surface area contributed by atoms with Crippen molar-refractivity contribution in [3.8, 4) is 28.7 Å². The predicted molar refractivity (Wildman–Crippen MR) is 111 cm³/mol. The van der Waals surface area contributed by atoms with E-state index in [0.29, 0.717) is 37.3 Å². The van der Waals surface area contributed by atoms with E-state index in [4.69, 9.17) is 18.6 Å². The summed E-state index contributed by atoms with van der Waals surface area (Å²) in [6, 6.07) is 13.2. The van der Waals surface area contributed by atoms with E-state index in [0.717, 1.165) is 28.4 Å². The first kappa shape index (κ1) is 20.1. The van der Waals surface area contributed by atoms with E-state index in [1.165, 1.54) is 11.8 Å². The van der Waals surface area contributed by atoms with Crippen LogP contribution in [-0.2, 0) is 11.2 Å². The van der Waals surface area contributed by atoms with Gasteiger partial charge in [0.15, 0.2) is 11.5 Å². The average molecular weight is 427 g/mol. The van der Waals surface area contributed by atoms with Crippen molar-refractivity contribution >= 4 is 17.7 Å². The number of thioether (sulfide) groups is 1. The van der Waals surface area contributed by atoms with Gasteiger partial charge in [0, 0.05) is 12.1 Å². The highest BCUT2D eigenvalue weighted by molar-refractivity contribution is 7.99. The number of rotatable bonds is 8. The molecule has 0 bridgehead atoms. The Morgan fingerprint density at radius 3 is 2.70 bits per heavy atom. The summed E-state index contributed by atoms with van der Waals surface area (Å²) in [5.74, 6) is 2.77. The highest BCUT2D eigenvalue weighted by Crippen LogP contribution is 2.30. The van der Waals surface area contributed by atoms with Gasteiger partial charge >= 0.3 is 0 Å². The number of hydrogen-bond acceptors (Lipinski definition) is 8. The van der Waals surface area contributed by atoms with Crippen LogP contribution in [0.2, 0.25) is 0 Å². The molecular formula is C21H21N3O5S. The van der Waals surface area contributed by atoms with Crippen molar-refractivity contribution in [2.45, 2.75) is 11.6 Å². The molecule has 30 heavy (non-hydrogen) atoms. The molecule has 1 aliphatic rings. The Bertz CT molecular complexity index is 1010. The lowest BCUT2D eigenvalue weighted by atomic mass is 10.1. The summed E-state index contributed by atoms with van der Waals surface area (Å²) in [5.41, 5.74) is 1.87. The SMILES string of the molecule is COc1ccc(-c2nnc(SCC(=O)NCCc3ccc4c(c3)OCCO4)o2)cc1. The van der Waals surface area contributed by atoms with Gasteiger partial charge in [0.25, 0.3) is 5.22 Å². The quantitative estimate of drug-likeness (QED) is 0.548. The van der Waals surface area contributed by atoms with Gasteiger partial charge < -0.3 is 23.9 Å². The summed E-state index contributed by atoms with van der Waals surface area (Å²) < 4.78 is 21.8. The molecule has 1 N–H and O–H groups in total. The largest absolute Gasteiger partial charge is 0.497 e. The van der Waals surface area contributed by atoms with Crippen LogP contribution in [-0.4, -0.2) is 48.7 Å². The van der Waals surface area contributed by atoms with E-state index in [2.05, 4.69) is 15.5 Å². The zero-order valence-electron chi connectivity index (χ0n) is 16.4. The lowest BCUT2D eigenvalue weighted by Gasteiger charge is -2.18. The molecule has 8 nitrogen and oxygen atoms in total. The van der Waals surface area contributed by atoms with Crippen molar-refractivity contribution in [1.29, 1.82) is 0 Å². The molecule has 0 unspecified atom stereocenters. The Morgan fingerprint density at radius 1 is 1.10 bits per heavy atom. The molecule has 0 fully saturated rings. The van der Waals surface area contributed by atoms with Gasteiger partial charge in [-0.05, 0) is 48.4 Å². The summed E-state index contributed by atoms with van der Waals surface area (Å²) in [4.78, 5) is 12.1. The molecule has 0 saturated carbocycles. The Hall–Kier alpha value is -3.20. The number of aromatic nitrogens is 2. The van der Waals surface area contributed by atoms with Gasteiger partial charge in [-0.2, -0.15) is 0 Å². The Kier molecular flexibility index (Phi) is 6.38. The number of carbonyl (C=O) groups excluding carboxylic acids is 1. The van der Waals surface area contributed by atoms with Gasteiger partial charge in [-0.1, -0.05) is 17.8 Å². The normalized spacial score (nSPS) is 12.4. The smallest absolute Gasteiger partial charge is 0.277 e. The van der Waals surface area contributed by atoms with Crippen molar-refractivity contribution in [2.75, 3.05) is 32.6 Å². The van der Waals surface area contributed by atoms with Crippen LogP contribution in [0.15, 0.2) is 52.1 Å². The molecule has 3 aromatic rings. The minimum atomic E-state index is -0.0956. The molecule has 0 spiro atoms. The molecule has 2 heterocycles. The standard InChI is InChI=1S/C21H21N3O5S/c1-26-16-5-3-15(4-6-16)20-23-24-21(29-20)30-13-19(25)22-9-8-14-2-7-17-18(12-14)28-11-10-27-17/h2-7,12H,8-11,13H2,1H3,(H,22,25). The summed E-state index contributed by atoms with van der Waals surface area (Å²) >= 11 is 1.20. The minimum Gasteiger partial charge on any atom is -0.497 e. The zero-order chi connectivity index (χ0) is 20.8. The fraction of sp³-hybridized carbons (Fsp3) is 0.286. The van der Waals surface area contributed by atoms with Crippen LogP contribution in [0.3, 0.4) is 0 Å². The summed E-state index contributed by atoms with van der Waals surface area (Å²) in [7, 11) is 1.61. The molecule has 1 aliphatic heterocycles. The van der Waals surface area contributed by atoms with E-state index in [1.807, 2.05) is 42.5 Å². The van der Waals surface area contributed by atoms with Crippen LogP contribution >= 0.6 is 11.8 Å². The second-order valence-corrected chi connectivity index (χ2v) is 7.39. The molecule has 0 aliphatic carbocycles. The van der Waals surface area contributed by atoms with Crippen molar-refractivity contribution in [2.24, 2.45) is 0 Å². The van der Waals surface area contributed by atoms with Crippen LogP contribution < -0.4 is 19.5 Å². The highest BCUT2D eigenvalue weighted by Gasteiger charge is 2.13. The van der Waals surface area contributed by atoms with Gasteiger partial charge in [0.05, 0.1) is 12.9 Å². The maximum Gasteiger partial charge on any atom is 0.277 e. The average Bonchev–Trinajstić information content (AvgIpc) is 3.27. The van der Waals surface area contributed by atoms with E-state index in [9.17, 15) is 4.79 Å². The number of ether oxygens (including phenoxy) is 3. The maximum absolute atomic E-state index is 12.1. The lowest BCUT2D eigenvalue weighted by molar-refractivity contribution is -0.118. The van der Waals surface area contributed by atoms with E-state index >= 15 is 0 Å². The molecule has 9 heteroatoms. The minimum absolute atomic E-state index is 0.0956. The van der Waals surface area contributed by atoms with Gasteiger partial charge in [-0.25, -0.2) is 0 Å². The van der Waals surface area contributed by atoms with Crippen molar-refractivity contribution in [1.82, 2.24) is 15.5 Å². The molecule has 0 radical (unpaired) electrons. The van der Waals surface area contributed by atoms with Gasteiger partial charge in [0.1, 0.15) is 19.0 Å². The molecule has 156 valence electrons. The first-order valence-electron chi connectivity index (χ1n) is 9.47. The third-order valence-electron chi connectivity index (χ3n) is 4.41. The summed E-state index contributed by atoms with van der Waals surface area (Å²) in [5, 5.41) is 11.3. The predicted octanol–water partition coefficient (Wildman–Crippen LogP) is 2.97. The Morgan fingerprint density at radius 2 is 1.90 bits per heavy atom. The highest BCUT2D eigenvalue weighted by atomic mass is 32.2. The topological polar surface area (TPSA) is 95.7 Å². The Labute approximate surface area is 177 Å². The third-order valence-corrected chi connectivity index (χ3v) is 5.23. The molecule has 0 atom stereocenters. The van der Waals surface area contributed by atoms with Crippen LogP contribution in [0, 0.1) is 0 Å². The molecule has 2 aromatic carbocycles. The van der Waals surface area contributed by atoms with Crippen molar-refractivity contribution < 1.29 is 23.4 Å². The number of fused-ring (bicyclic) bond motifs is 1. The second-order valence-electron chi connectivity index (χ2n) is 6.47. The van der Waals surface area contributed by atoms with Gasteiger partial charge in [0.2, 0.25) is 11.8 Å². The first-order valence-corrected chi connectivity index (χ1v) is 10.5. The molecule has 1 aromatic heterocycles. The number of hydrogen-bond donors (Lipinski definition) is 1. The Balaban J connectivity index is 1.22. The fourth-order valence-electron chi connectivity index (χ4n) is 2.89. The van der Waals surface area contributed by atoms with Crippen molar-refractivity contribution in [3.63, 3.8) is 0 Å². The van der Waals surface area contributed by atoms with Crippen LogP contribution in [0.1, 0.15) is 5.56 Å². The molecule has 1 amide bonds. The van der Waals surface area contributed by atoms with Gasteiger partial charge in [-0.3, -0.25) is 4.79 Å². The van der Waals surface area contributed by atoms with Gasteiger partial charge in [-0.15, -0.1) is 10.2 Å². The zero-order valence-corrected chi connectivity index (χ0v) is 17.2. The van der Waals surface area contributed by atoms with Crippen LogP contribution in [0.4, 0.5) is 0 Å². The lowest BCUT2D eigenvalue weighted by Crippen LogP contribution is -2.27. The third kappa shape index (κ3) is 5.04. The summed E-state index contributed by atoms with van der Waals surface area (Å²) in [6.45, 7) is 1.65. The van der Waals surface area contributed by atoms with Crippen molar-refractivity contribution in [3.05, 3.63) is 48.0 Å². The molecule has 0 saturated heterocycles. The summed E-state index contributed by atoms with van der Waals surface area (Å²) in [6.07, 6.45) is 0.704. The number of methoxy groups -OCH3 is 1. The first-order chi connectivity index (χ1) is 14.7. The van der Waals surface area contributed by atoms with E-state index in [-0.39, 0.29) is 11.7 Å². The van der Waals surface area contributed by atoms with E-state index < -0.39 is 0 Å². The second kappa shape index (κ2) is 9.53. The number of nitrogens with one attached hydrogen (secondary N) is 1. The van der Waals surface area contributed by atoms with Crippen LogP contribution in [0.5, 0.6) is 17.2 Å². The number of amides is 1. The monoisotopic (exact) mass is 427 g/mol.